The molecule has 2 heterocycles. The fraction of sp³-hybridized carbons (Fsp3) is 0.200. The van der Waals surface area contributed by atoms with E-state index in [2.05, 4.69) is 0 Å². The Labute approximate surface area is 95.8 Å². The number of carbonyl (C=O) groups is 1. The summed E-state index contributed by atoms with van der Waals surface area (Å²) in [6.45, 7) is 2.29. The van der Waals surface area contributed by atoms with Gasteiger partial charge in [-0.05, 0) is 18.4 Å². The zero-order valence-corrected chi connectivity index (χ0v) is 9.90. The summed E-state index contributed by atoms with van der Waals surface area (Å²) in [7, 11) is 0. The SMILES string of the molecule is Cc1csc(N)[n+]1CC(=O)c1cccs1. The van der Waals surface area contributed by atoms with Crippen molar-refractivity contribution >= 4 is 33.6 Å². The number of ketones is 1. The number of aromatic nitrogens is 1. The van der Waals surface area contributed by atoms with E-state index in [0.29, 0.717) is 11.7 Å². The van der Waals surface area contributed by atoms with Crippen LogP contribution in [-0.2, 0) is 6.54 Å². The van der Waals surface area contributed by atoms with Crippen molar-refractivity contribution in [2.24, 2.45) is 0 Å². The lowest BCUT2D eigenvalue weighted by atomic mass is 10.3. The smallest absolute Gasteiger partial charge is 0.289 e. The highest BCUT2D eigenvalue weighted by atomic mass is 32.1. The van der Waals surface area contributed by atoms with Crippen LogP contribution in [-0.4, -0.2) is 5.78 Å². The quantitative estimate of drug-likeness (QED) is 0.656. The number of thiophene rings is 1. The molecule has 2 aromatic rings. The Bertz CT molecular complexity index is 454. The minimum absolute atomic E-state index is 0.114. The number of carbonyl (C=O) groups excluding carboxylic acids is 1. The molecule has 0 bridgehead atoms. The number of nitrogens with two attached hydrogens (primary N) is 1. The van der Waals surface area contributed by atoms with E-state index >= 15 is 0 Å². The summed E-state index contributed by atoms with van der Waals surface area (Å²) in [5.41, 5.74) is 6.81. The Balaban J connectivity index is 2.20. The zero-order valence-electron chi connectivity index (χ0n) is 8.27. The summed E-state index contributed by atoms with van der Waals surface area (Å²) in [5.74, 6) is 0.114. The third kappa shape index (κ3) is 2.08. The molecule has 0 radical (unpaired) electrons. The normalized spacial score (nSPS) is 10.5. The molecule has 78 valence electrons. The van der Waals surface area contributed by atoms with Gasteiger partial charge in [-0.25, -0.2) is 4.57 Å². The molecule has 3 nitrogen and oxygen atoms in total. The Morgan fingerprint density at radius 1 is 1.53 bits per heavy atom. The summed E-state index contributed by atoms with van der Waals surface area (Å²) in [4.78, 5) is 12.6. The van der Waals surface area contributed by atoms with Crippen molar-refractivity contribution in [1.82, 2.24) is 0 Å². The molecule has 0 spiro atoms. The van der Waals surface area contributed by atoms with Crippen LogP contribution < -0.4 is 10.3 Å². The van der Waals surface area contributed by atoms with Gasteiger partial charge < -0.3 is 0 Å². The summed E-state index contributed by atoms with van der Waals surface area (Å²) in [6.07, 6.45) is 0. The van der Waals surface area contributed by atoms with Crippen molar-refractivity contribution in [2.45, 2.75) is 13.5 Å². The molecule has 5 heteroatoms. The van der Waals surface area contributed by atoms with Crippen LogP contribution in [0.3, 0.4) is 0 Å². The lowest BCUT2D eigenvalue weighted by Gasteiger charge is -1.98. The second-order valence-electron chi connectivity index (χ2n) is 3.20. The number of anilines is 1. The number of thiazole rings is 1. The van der Waals surface area contributed by atoms with E-state index in [-0.39, 0.29) is 5.78 Å². The fourth-order valence-electron chi connectivity index (χ4n) is 1.31. The van der Waals surface area contributed by atoms with Crippen LogP contribution in [0.2, 0.25) is 0 Å². The van der Waals surface area contributed by atoms with Gasteiger partial charge in [-0.15, -0.1) is 11.3 Å². The Morgan fingerprint density at radius 3 is 2.87 bits per heavy atom. The van der Waals surface area contributed by atoms with Gasteiger partial charge in [-0.2, -0.15) is 0 Å². The first kappa shape index (κ1) is 10.3. The largest absolute Gasteiger partial charge is 0.332 e. The Hall–Kier alpha value is -1.20. The third-order valence-electron chi connectivity index (χ3n) is 2.14. The van der Waals surface area contributed by atoms with E-state index in [1.54, 1.807) is 0 Å². The van der Waals surface area contributed by atoms with Crippen molar-refractivity contribution in [3.8, 4) is 0 Å². The molecule has 2 rings (SSSR count). The second-order valence-corrected chi connectivity index (χ2v) is 5.04. The average molecular weight is 239 g/mol. The number of nitrogens with zero attached hydrogens (tertiary/aromatic N) is 1. The van der Waals surface area contributed by atoms with Gasteiger partial charge in [-0.3, -0.25) is 10.5 Å². The van der Waals surface area contributed by atoms with Crippen LogP contribution in [0.4, 0.5) is 5.13 Å². The first-order valence-electron chi connectivity index (χ1n) is 4.48. The number of hydrogen-bond donors (Lipinski definition) is 1. The molecular weight excluding hydrogens is 228 g/mol. The van der Waals surface area contributed by atoms with Gasteiger partial charge in [0.05, 0.1) is 4.88 Å². The highest BCUT2D eigenvalue weighted by Crippen LogP contribution is 2.12. The number of nitrogen functional groups attached to an aromatic ring is 1. The van der Waals surface area contributed by atoms with Gasteiger partial charge in [0.1, 0.15) is 5.69 Å². The lowest BCUT2D eigenvalue weighted by Crippen LogP contribution is -2.40. The molecule has 0 saturated heterocycles. The van der Waals surface area contributed by atoms with Gasteiger partial charge in [0.2, 0.25) is 5.78 Å². The second kappa shape index (κ2) is 4.12. The highest BCUT2D eigenvalue weighted by molar-refractivity contribution is 7.13. The molecular formula is C10H11N2OS2+. The number of aryl methyl sites for hydroxylation is 1. The van der Waals surface area contributed by atoms with Gasteiger partial charge >= 0.3 is 5.13 Å². The first-order valence-corrected chi connectivity index (χ1v) is 6.24. The molecule has 2 aromatic heterocycles. The molecule has 0 atom stereocenters. The van der Waals surface area contributed by atoms with Crippen LogP contribution in [0.5, 0.6) is 0 Å². The molecule has 0 aliphatic rings. The first-order chi connectivity index (χ1) is 7.18. The number of Topliss-reactive ketones (excluding diaryl/α,β-unsaturated/α-hetero) is 1. The minimum Gasteiger partial charge on any atom is -0.289 e. The molecule has 0 aromatic carbocycles. The van der Waals surface area contributed by atoms with E-state index in [1.165, 1.54) is 22.7 Å². The van der Waals surface area contributed by atoms with Crippen LogP contribution in [0, 0.1) is 6.92 Å². The van der Waals surface area contributed by atoms with Crippen LogP contribution in [0.25, 0.3) is 0 Å². The van der Waals surface area contributed by atoms with E-state index in [4.69, 9.17) is 5.73 Å². The minimum atomic E-state index is 0.114. The van der Waals surface area contributed by atoms with Gasteiger partial charge in [-0.1, -0.05) is 17.4 Å². The molecule has 0 unspecified atom stereocenters. The summed E-state index contributed by atoms with van der Waals surface area (Å²) >= 11 is 2.93. The fourth-order valence-corrected chi connectivity index (χ4v) is 2.72. The van der Waals surface area contributed by atoms with Crippen molar-refractivity contribution in [1.29, 1.82) is 0 Å². The van der Waals surface area contributed by atoms with E-state index in [0.717, 1.165) is 10.6 Å². The molecule has 0 amide bonds. The maximum Gasteiger partial charge on any atom is 0.332 e. The highest BCUT2D eigenvalue weighted by Gasteiger charge is 2.16. The molecule has 0 saturated carbocycles. The molecule has 0 aliphatic heterocycles. The maximum absolute atomic E-state index is 11.8. The molecule has 0 fully saturated rings. The van der Waals surface area contributed by atoms with Crippen molar-refractivity contribution in [2.75, 3.05) is 5.73 Å². The summed E-state index contributed by atoms with van der Waals surface area (Å²) in [5, 5.41) is 4.54. The van der Waals surface area contributed by atoms with Crippen LogP contribution in [0.15, 0.2) is 22.9 Å². The van der Waals surface area contributed by atoms with E-state index in [9.17, 15) is 4.79 Å². The van der Waals surface area contributed by atoms with Crippen molar-refractivity contribution in [3.05, 3.63) is 33.5 Å². The average Bonchev–Trinajstić information content (AvgIpc) is 2.82. The van der Waals surface area contributed by atoms with Gasteiger partial charge in [0.15, 0.2) is 6.54 Å². The van der Waals surface area contributed by atoms with Crippen molar-refractivity contribution in [3.63, 3.8) is 0 Å². The molecule has 0 aliphatic carbocycles. The number of rotatable bonds is 3. The Morgan fingerprint density at radius 2 is 2.33 bits per heavy atom. The lowest BCUT2D eigenvalue weighted by molar-refractivity contribution is -0.670. The zero-order chi connectivity index (χ0) is 10.8. The van der Waals surface area contributed by atoms with Crippen LogP contribution >= 0.6 is 22.7 Å². The predicted octanol–water partition coefficient (Wildman–Crippen LogP) is 1.87. The third-order valence-corrected chi connectivity index (χ3v) is 3.97. The van der Waals surface area contributed by atoms with E-state index in [1.807, 2.05) is 34.4 Å². The van der Waals surface area contributed by atoms with E-state index < -0.39 is 0 Å². The standard InChI is InChI=1S/C10H10N2OS2/c1-7-6-15-10(11)12(7)5-8(13)9-3-2-4-14-9/h2-4,6,11H,5H2,1H3/p+1. The topological polar surface area (TPSA) is 47.0 Å². The predicted molar refractivity (Wildman–Crippen MR) is 62.3 cm³/mol. The molecule has 15 heavy (non-hydrogen) atoms. The molecule has 2 N–H and O–H groups in total. The Kier molecular flexibility index (Phi) is 2.83. The van der Waals surface area contributed by atoms with Crippen molar-refractivity contribution < 1.29 is 9.36 Å². The maximum atomic E-state index is 11.8. The van der Waals surface area contributed by atoms with Crippen LogP contribution in [0.1, 0.15) is 15.4 Å². The van der Waals surface area contributed by atoms with Gasteiger partial charge in [0.25, 0.3) is 0 Å². The number of hydrogen-bond acceptors (Lipinski definition) is 4. The summed E-state index contributed by atoms with van der Waals surface area (Å²) in [6, 6.07) is 3.72. The monoisotopic (exact) mass is 239 g/mol. The van der Waals surface area contributed by atoms with Gasteiger partial charge in [0, 0.05) is 5.38 Å². The summed E-state index contributed by atoms with van der Waals surface area (Å²) < 4.78 is 1.84.